The van der Waals surface area contributed by atoms with Gasteiger partial charge >= 0.3 is 0 Å². The first kappa shape index (κ1) is 16.5. The molecule has 1 aromatic heterocycles. The maximum atomic E-state index is 11.9. The average molecular weight is 320 g/mol. The Morgan fingerprint density at radius 2 is 2.23 bits per heavy atom. The van der Waals surface area contributed by atoms with Gasteiger partial charge in [0.2, 0.25) is 0 Å². The quantitative estimate of drug-likeness (QED) is 0.858. The van der Waals surface area contributed by atoms with Crippen molar-refractivity contribution in [3.63, 3.8) is 0 Å². The molecule has 2 rings (SSSR count). The van der Waals surface area contributed by atoms with Crippen LogP contribution in [0.4, 0.5) is 0 Å². The molecule has 0 saturated heterocycles. The van der Waals surface area contributed by atoms with Crippen LogP contribution in [-0.2, 0) is 0 Å². The Hall–Kier alpha value is -1.92. The van der Waals surface area contributed by atoms with Crippen LogP contribution in [0.25, 0.3) is 0 Å². The number of nitrogens with one attached hydrogen (secondary N) is 1. The molecule has 6 heteroatoms. The van der Waals surface area contributed by atoms with Crippen LogP contribution in [0.2, 0.25) is 0 Å². The second-order valence-electron chi connectivity index (χ2n) is 5.22. The van der Waals surface area contributed by atoms with E-state index in [-0.39, 0.29) is 18.6 Å². The lowest BCUT2D eigenvalue weighted by Crippen LogP contribution is -2.28. The number of carbonyl (C=O) groups excluding carboxylic acids is 1. The van der Waals surface area contributed by atoms with Crippen LogP contribution >= 0.6 is 11.3 Å². The molecule has 1 aromatic carbocycles. The molecule has 2 aromatic rings. The molecule has 0 unspecified atom stereocenters. The first-order valence-corrected chi connectivity index (χ1v) is 7.98. The van der Waals surface area contributed by atoms with Gasteiger partial charge < -0.3 is 15.2 Å². The summed E-state index contributed by atoms with van der Waals surface area (Å²) in [6.45, 7) is 5.86. The van der Waals surface area contributed by atoms with Crippen LogP contribution < -0.4 is 10.1 Å². The Morgan fingerprint density at radius 1 is 1.45 bits per heavy atom. The van der Waals surface area contributed by atoms with Gasteiger partial charge in [-0.3, -0.25) is 4.79 Å². The fourth-order valence-electron chi connectivity index (χ4n) is 1.93. The van der Waals surface area contributed by atoms with Crippen molar-refractivity contribution >= 4 is 17.2 Å². The zero-order chi connectivity index (χ0) is 16.1. The van der Waals surface area contributed by atoms with E-state index in [2.05, 4.69) is 10.3 Å². The topological polar surface area (TPSA) is 71.5 Å². The fraction of sp³-hybridized carbons (Fsp3) is 0.375. The molecule has 0 spiro atoms. The predicted molar refractivity (Wildman–Crippen MR) is 86.4 cm³/mol. The molecular weight excluding hydrogens is 300 g/mol. The van der Waals surface area contributed by atoms with Gasteiger partial charge in [0.15, 0.2) is 0 Å². The number of aryl methyl sites for hydroxylation is 1. The molecule has 0 bridgehead atoms. The minimum Gasteiger partial charge on any atom is -0.491 e. The third-order valence-corrected chi connectivity index (χ3v) is 3.70. The van der Waals surface area contributed by atoms with Gasteiger partial charge in [0, 0.05) is 11.9 Å². The van der Waals surface area contributed by atoms with E-state index in [4.69, 9.17) is 4.74 Å². The largest absolute Gasteiger partial charge is 0.491 e. The van der Waals surface area contributed by atoms with Gasteiger partial charge in [-0.15, -0.1) is 11.3 Å². The first-order chi connectivity index (χ1) is 10.5. The number of ether oxygens (including phenoxy) is 1. The van der Waals surface area contributed by atoms with E-state index in [0.717, 1.165) is 5.01 Å². The highest BCUT2D eigenvalue weighted by molar-refractivity contribution is 7.09. The summed E-state index contributed by atoms with van der Waals surface area (Å²) in [5.74, 6) is 0.422. The van der Waals surface area contributed by atoms with Crippen LogP contribution in [0.15, 0.2) is 29.6 Å². The zero-order valence-electron chi connectivity index (χ0n) is 12.9. The van der Waals surface area contributed by atoms with Crippen molar-refractivity contribution in [3.05, 3.63) is 45.9 Å². The van der Waals surface area contributed by atoms with Gasteiger partial charge in [-0.2, -0.15) is 0 Å². The van der Waals surface area contributed by atoms with Crippen molar-refractivity contribution in [3.8, 4) is 5.75 Å². The number of aromatic nitrogens is 1. The molecule has 0 saturated carbocycles. The summed E-state index contributed by atoms with van der Waals surface area (Å²) in [4.78, 5) is 16.0. The molecule has 1 atom stereocenters. The highest BCUT2D eigenvalue weighted by Crippen LogP contribution is 2.20. The number of aliphatic hydroxyl groups is 1. The molecule has 1 heterocycles. The Morgan fingerprint density at radius 3 is 2.86 bits per heavy atom. The maximum absolute atomic E-state index is 11.9. The normalized spacial score (nSPS) is 12.2. The molecular formula is C16H20N2O3S. The lowest BCUT2D eigenvalue weighted by Gasteiger charge is -2.14. The third kappa shape index (κ3) is 4.54. The molecule has 22 heavy (non-hydrogen) atoms. The minimum absolute atomic E-state index is 0.0694. The molecule has 1 amide bonds. The van der Waals surface area contributed by atoms with E-state index in [1.54, 1.807) is 17.5 Å². The summed E-state index contributed by atoms with van der Waals surface area (Å²) < 4.78 is 5.60. The van der Waals surface area contributed by atoms with Gasteiger partial charge in [0.05, 0.1) is 17.2 Å². The summed E-state index contributed by atoms with van der Waals surface area (Å²) in [5, 5.41) is 15.4. The summed E-state index contributed by atoms with van der Waals surface area (Å²) in [5.41, 5.74) is 1.08. The van der Waals surface area contributed by atoms with Gasteiger partial charge in [-0.1, -0.05) is 12.1 Å². The van der Waals surface area contributed by atoms with Crippen molar-refractivity contribution in [2.75, 3.05) is 6.54 Å². The smallest absolute Gasteiger partial charge is 0.270 e. The van der Waals surface area contributed by atoms with Crippen LogP contribution in [-0.4, -0.2) is 28.6 Å². The van der Waals surface area contributed by atoms with E-state index in [1.165, 1.54) is 11.3 Å². The minimum atomic E-state index is -0.792. The number of nitrogens with zero attached hydrogens (tertiary/aromatic N) is 1. The molecule has 0 aliphatic carbocycles. The summed E-state index contributed by atoms with van der Waals surface area (Å²) in [7, 11) is 0. The SMILES string of the molecule is Cc1nc(C(=O)NC[C@H](O)c2cccc(OC(C)C)c2)cs1. The second kappa shape index (κ2) is 7.38. The molecule has 5 nitrogen and oxygen atoms in total. The van der Waals surface area contributed by atoms with Gasteiger partial charge in [0.1, 0.15) is 11.4 Å². The summed E-state index contributed by atoms with van der Waals surface area (Å²) in [6.07, 6.45) is -0.723. The van der Waals surface area contributed by atoms with Crippen molar-refractivity contribution in [1.82, 2.24) is 10.3 Å². The average Bonchev–Trinajstić information content (AvgIpc) is 2.90. The van der Waals surface area contributed by atoms with Crippen LogP contribution in [0.5, 0.6) is 5.75 Å². The molecule has 2 N–H and O–H groups in total. The zero-order valence-corrected chi connectivity index (χ0v) is 13.7. The Labute approximate surface area is 134 Å². The number of benzene rings is 1. The molecule has 0 fully saturated rings. The Kier molecular flexibility index (Phi) is 5.51. The van der Waals surface area contributed by atoms with E-state index < -0.39 is 6.10 Å². The van der Waals surface area contributed by atoms with Crippen LogP contribution in [0.3, 0.4) is 0 Å². The predicted octanol–water partition coefficient (Wildman–Crippen LogP) is 2.70. The van der Waals surface area contributed by atoms with E-state index in [9.17, 15) is 9.90 Å². The summed E-state index contributed by atoms with van der Waals surface area (Å²) >= 11 is 1.42. The molecule has 0 aliphatic rings. The third-order valence-electron chi connectivity index (χ3n) is 2.92. The first-order valence-electron chi connectivity index (χ1n) is 7.10. The number of hydrogen-bond donors (Lipinski definition) is 2. The molecule has 0 radical (unpaired) electrons. The fourth-order valence-corrected chi connectivity index (χ4v) is 2.53. The van der Waals surface area contributed by atoms with Crippen molar-refractivity contribution in [1.29, 1.82) is 0 Å². The van der Waals surface area contributed by atoms with Gasteiger partial charge in [0.25, 0.3) is 5.91 Å². The second-order valence-corrected chi connectivity index (χ2v) is 6.28. The number of hydrogen-bond acceptors (Lipinski definition) is 5. The maximum Gasteiger partial charge on any atom is 0.270 e. The summed E-state index contributed by atoms with van der Waals surface area (Å²) in [6, 6.07) is 7.25. The lowest BCUT2D eigenvalue weighted by atomic mass is 10.1. The van der Waals surface area contributed by atoms with Crippen LogP contribution in [0, 0.1) is 6.92 Å². The van der Waals surface area contributed by atoms with Crippen molar-refractivity contribution in [2.24, 2.45) is 0 Å². The Bertz CT molecular complexity index is 640. The highest BCUT2D eigenvalue weighted by atomic mass is 32.1. The van der Waals surface area contributed by atoms with E-state index in [1.807, 2.05) is 32.9 Å². The number of rotatable bonds is 6. The highest BCUT2D eigenvalue weighted by Gasteiger charge is 2.13. The van der Waals surface area contributed by atoms with Gasteiger partial charge in [-0.25, -0.2) is 4.98 Å². The number of amides is 1. The van der Waals surface area contributed by atoms with E-state index >= 15 is 0 Å². The van der Waals surface area contributed by atoms with Crippen LogP contribution in [0.1, 0.15) is 41.0 Å². The molecule has 0 aliphatic heterocycles. The Balaban J connectivity index is 1.94. The van der Waals surface area contributed by atoms with Gasteiger partial charge in [-0.05, 0) is 38.5 Å². The number of carbonyl (C=O) groups is 1. The van der Waals surface area contributed by atoms with Crippen molar-refractivity contribution < 1.29 is 14.6 Å². The number of thiazole rings is 1. The molecule has 118 valence electrons. The standard InChI is InChI=1S/C16H20N2O3S/c1-10(2)21-13-6-4-5-12(7-13)15(19)8-17-16(20)14-9-22-11(3)18-14/h4-7,9-10,15,19H,8H2,1-3H3,(H,17,20)/t15-/m0/s1. The van der Waals surface area contributed by atoms with Crippen molar-refractivity contribution in [2.45, 2.75) is 33.0 Å². The monoisotopic (exact) mass is 320 g/mol. The number of aliphatic hydroxyl groups excluding tert-OH is 1. The van der Waals surface area contributed by atoms with E-state index in [0.29, 0.717) is 17.0 Å². The lowest BCUT2D eigenvalue weighted by molar-refractivity contribution is 0.0912.